The lowest BCUT2D eigenvalue weighted by atomic mass is 10.1. The van der Waals surface area contributed by atoms with Gasteiger partial charge in [0, 0.05) is 5.88 Å². The molecule has 0 saturated heterocycles. The zero-order valence-corrected chi connectivity index (χ0v) is 11.1. The molecule has 94 valence electrons. The van der Waals surface area contributed by atoms with Crippen LogP contribution in [0, 0.1) is 5.92 Å². The standard InChI is InChI=1S/C13H17ClO3/c1-15-11-5-8(10-4-9(10)7-14)6-12(16-2)13(11)17-3/h5-6,9-10H,4,7H2,1-3H3. The van der Waals surface area contributed by atoms with Crippen LogP contribution in [-0.4, -0.2) is 27.2 Å². The summed E-state index contributed by atoms with van der Waals surface area (Å²) in [6.45, 7) is 0. The number of ether oxygens (including phenoxy) is 3. The van der Waals surface area contributed by atoms with Crippen molar-refractivity contribution in [2.45, 2.75) is 12.3 Å². The molecule has 0 bridgehead atoms. The summed E-state index contributed by atoms with van der Waals surface area (Å²) in [4.78, 5) is 0. The van der Waals surface area contributed by atoms with Crippen LogP contribution in [0.15, 0.2) is 12.1 Å². The second-order valence-electron chi connectivity index (χ2n) is 4.22. The van der Waals surface area contributed by atoms with E-state index in [0.717, 1.165) is 6.42 Å². The first-order valence-corrected chi connectivity index (χ1v) is 6.14. The zero-order valence-electron chi connectivity index (χ0n) is 10.3. The lowest BCUT2D eigenvalue weighted by Gasteiger charge is -2.14. The molecule has 0 spiro atoms. The van der Waals surface area contributed by atoms with E-state index in [4.69, 9.17) is 25.8 Å². The highest BCUT2D eigenvalue weighted by Crippen LogP contribution is 2.51. The topological polar surface area (TPSA) is 27.7 Å². The van der Waals surface area contributed by atoms with Crippen molar-refractivity contribution in [2.75, 3.05) is 27.2 Å². The Morgan fingerprint density at radius 2 is 1.71 bits per heavy atom. The van der Waals surface area contributed by atoms with Crippen molar-refractivity contribution in [1.82, 2.24) is 0 Å². The lowest BCUT2D eigenvalue weighted by molar-refractivity contribution is 0.323. The molecule has 2 rings (SSSR count). The van der Waals surface area contributed by atoms with Crippen LogP contribution in [0.5, 0.6) is 17.2 Å². The Labute approximate surface area is 107 Å². The summed E-state index contributed by atoms with van der Waals surface area (Å²) in [6.07, 6.45) is 1.14. The third-order valence-electron chi connectivity index (χ3n) is 3.24. The van der Waals surface area contributed by atoms with Gasteiger partial charge in [0.1, 0.15) is 0 Å². The second-order valence-corrected chi connectivity index (χ2v) is 4.52. The summed E-state index contributed by atoms with van der Waals surface area (Å²) in [7, 11) is 4.87. The molecule has 0 heterocycles. The molecule has 0 radical (unpaired) electrons. The summed E-state index contributed by atoms with van der Waals surface area (Å²) in [6, 6.07) is 4.02. The molecule has 1 fully saturated rings. The molecule has 1 aliphatic carbocycles. The van der Waals surface area contributed by atoms with Gasteiger partial charge in [-0.05, 0) is 36.0 Å². The molecule has 0 N–H and O–H groups in total. The van der Waals surface area contributed by atoms with Crippen molar-refractivity contribution < 1.29 is 14.2 Å². The molecule has 1 aromatic rings. The van der Waals surface area contributed by atoms with Gasteiger partial charge in [0.15, 0.2) is 11.5 Å². The zero-order chi connectivity index (χ0) is 12.4. The molecule has 3 nitrogen and oxygen atoms in total. The molecule has 2 atom stereocenters. The van der Waals surface area contributed by atoms with Gasteiger partial charge in [-0.2, -0.15) is 0 Å². The molecule has 0 aromatic heterocycles. The Morgan fingerprint density at radius 1 is 1.12 bits per heavy atom. The Balaban J connectivity index is 2.35. The van der Waals surface area contributed by atoms with Crippen molar-refractivity contribution in [1.29, 1.82) is 0 Å². The molecule has 0 aliphatic heterocycles. The van der Waals surface area contributed by atoms with E-state index in [9.17, 15) is 0 Å². The minimum atomic E-state index is 0.529. The fourth-order valence-corrected chi connectivity index (χ4v) is 2.48. The van der Waals surface area contributed by atoms with E-state index in [1.54, 1.807) is 21.3 Å². The van der Waals surface area contributed by atoms with Crippen molar-refractivity contribution in [3.05, 3.63) is 17.7 Å². The van der Waals surface area contributed by atoms with Crippen molar-refractivity contribution in [3.8, 4) is 17.2 Å². The van der Waals surface area contributed by atoms with Gasteiger partial charge in [-0.1, -0.05) is 0 Å². The quantitative estimate of drug-likeness (QED) is 0.758. The molecular formula is C13H17ClO3. The minimum Gasteiger partial charge on any atom is -0.493 e. The van der Waals surface area contributed by atoms with Crippen LogP contribution in [0.1, 0.15) is 17.9 Å². The minimum absolute atomic E-state index is 0.529. The monoisotopic (exact) mass is 256 g/mol. The van der Waals surface area contributed by atoms with Crippen molar-refractivity contribution in [3.63, 3.8) is 0 Å². The fraction of sp³-hybridized carbons (Fsp3) is 0.538. The Hall–Kier alpha value is -1.09. The van der Waals surface area contributed by atoms with E-state index in [1.807, 2.05) is 12.1 Å². The fourth-order valence-electron chi connectivity index (χ4n) is 2.14. The summed E-state index contributed by atoms with van der Waals surface area (Å²) >= 11 is 5.86. The average molecular weight is 257 g/mol. The van der Waals surface area contributed by atoms with Crippen LogP contribution in [0.4, 0.5) is 0 Å². The van der Waals surface area contributed by atoms with E-state index in [1.165, 1.54) is 5.56 Å². The Bertz CT molecular complexity index is 381. The van der Waals surface area contributed by atoms with Crippen LogP contribution in [0.25, 0.3) is 0 Å². The van der Waals surface area contributed by atoms with Gasteiger partial charge in [0.2, 0.25) is 5.75 Å². The number of methoxy groups -OCH3 is 3. The van der Waals surface area contributed by atoms with Crippen molar-refractivity contribution in [2.24, 2.45) is 5.92 Å². The third kappa shape index (κ3) is 2.29. The summed E-state index contributed by atoms with van der Waals surface area (Å²) < 4.78 is 15.9. The SMILES string of the molecule is COc1cc(C2CC2CCl)cc(OC)c1OC. The Kier molecular flexibility index (Phi) is 3.67. The average Bonchev–Trinajstić information content (AvgIpc) is 3.16. The molecule has 2 unspecified atom stereocenters. The smallest absolute Gasteiger partial charge is 0.203 e. The maximum atomic E-state index is 5.86. The first-order valence-electron chi connectivity index (χ1n) is 5.61. The number of rotatable bonds is 5. The van der Waals surface area contributed by atoms with Gasteiger partial charge in [0.25, 0.3) is 0 Å². The predicted molar refractivity (Wildman–Crippen MR) is 67.7 cm³/mol. The van der Waals surface area contributed by atoms with Crippen LogP contribution in [0.2, 0.25) is 0 Å². The number of benzene rings is 1. The van der Waals surface area contributed by atoms with Crippen LogP contribution in [0.3, 0.4) is 0 Å². The lowest BCUT2D eigenvalue weighted by Crippen LogP contribution is -1.97. The molecule has 17 heavy (non-hydrogen) atoms. The van der Waals surface area contributed by atoms with Gasteiger partial charge >= 0.3 is 0 Å². The first-order chi connectivity index (χ1) is 8.24. The van der Waals surface area contributed by atoms with E-state index in [2.05, 4.69) is 0 Å². The molecule has 0 amide bonds. The number of hydrogen-bond donors (Lipinski definition) is 0. The van der Waals surface area contributed by atoms with E-state index in [-0.39, 0.29) is 0 Å². The Morgan fingerprint density at radius 3 is 2.06 bits per heavy atom. The maximum Gasteiger partial charge on any atom is 0.203 e. The highest BCUT2D eigenvalue weighted by Gasteiger charge is 2.38. The van der Waals surface area contributed by atoms with Gasteiger partial charge in [0.05, 0.1) is 21.3 Å². The number of alkyl halides is 1. The molecular weight excluding hydrogens is 240 g/mol. The summed E-state index contributed by atoms with van der Waals surface area (Å²) in [5.74, 6) is 3.88. The van der Waals surface area contributed by atoms with Crippen LogP contribution >= 0.6 is 11.6 Å². The normalized spacial score (nSPS) is 22.1. The second kappa shape index (κ2) is 5.05. The predicted octanol–water partition coefficient (Wildman–Crippen LogP) is 3.05. The van der Waals surface area contributed by atoms with Crippen molar-refractivity contribution >= 4 is 11.6 Å². The highest BCUT2D eigenvalue weighted by atomic mass is 35.5. The molecule has 1 saturated carbocycles. The molecule has 4 heteroatoms. The first kappa shape index (κ1) is 12.4. The largest absolute Gasteiger partial charge is 0.493 e. The van der Waals surface area contributed by atoms with Crippen LogP contribution in [-0.2, 0) is 0 Å². The summed E-state index contributed by atoms with van der Waals surface area (Å²) in [5.41, 5.74) is 1.21. The summed E-state index contributed by atoms with van der Waals surface area (Å²) in [5, 5.41) is 0. The van der Waals surface area contributed by atoms with E-state index >= 15 is 0 Å². The van der Waals surface area contributed by atoms with Gasteiger partial charge in [-0.15, -0.1) is 11.6 Å². The van der Waals surface area contributed by atoms with E-state index in [0.29, 0.717) is 35.0 Å². The van der Waals surface area contributed by atoms with Gasteiger partial charge in [-0.3, -0.25) is 0 Å². The molecule has 1 aliphatic rings. The third-order valence-corrected chi connectivity index (χ3v) is 3.63. The number of halogens is 1. The van der Waals surface area contributed by atoms with E-state index < -0.39 is 0 Å². The van der Waals surface area contributed by atoms with Gasteiger partial charge < -0.3 is 14.2 Å². The number of hydrogen-bond acceptors (Lipinski definition) is 3. The van der Waals surface area contributed by atoms with Crippen LogP contribution < -0.4 is 14.2 Å². The molecule has 1 aromatic carbocycles. The highest BCUT2D eigenvalue weighted by molar-refractivity contribution is 6.18. The maximum absolute atomic E-state index is 5.86. The van der Waals surface area contributed by atoms with Gasteiger partial charge in [-0.25, -0.2) is 0 Å².